The highest BCUT2D eigenvalue weighted by Crippen LogP contribution is 2.37. The van der Waals surface area contributed by atoms with Crippen LogP contribution in [0.5, 0.6) is 0 Å². The lowest BCUT2D eigenvalue weighted by Crippen LogP contribution is -2.38. The Morgan fingerprint density at radius 2 is 1.83 bits per heavy atom. The zero-order chi connectivity index (χ0) is 24.0. The van der Waals surface area contributed by atoms with Gasteiger partial charge in [0.25, 0.3) is 0 Å². The van der Waals surface area contributed by atoms with Crippen LogP contribution in [0.4, 0.5) is 10.3 Å². The van der Waals surface area contributed by atoms with Gasteiger partial charge in [-0.2, -0.15) is 0 Å². The molecule has 5 rings (SSSR count). The number of anilines is 1. The summed E-state index contributed by atoms with van der Waals surface area (Å²) < 4.78 is 31.8. The number of morpholine rings is 1. The summed E-state index contributed by atoms with van der Waals surface area (Å²) in [5.74, 6) is 0.329. The van der Waals surface area contributed by atoms with Crippen LogP contribution in [0.25, 0.3) is 11.3 Å². The first-order valence-electron chi connectivity index (χ1n) is 12.3. The normalized spacial score (nSPS) is 17.2. The van der Waals surface area contributed by atoms with E-state index in [4.69, 9.17) is 14.0 Å². The third kappa shape index (κ3) is 6.08. The maximum absolute atomic E-state index is 14.7. The monoisotopic (exact) mass is 481 g/mol. The highest BCUT2D eigenvalue weighted by molar-refractivity contribution is 5.69. The van der Waals surface area contributed by atoms with Gasteiger partial charge < -0.3 is 24.0 Å². The molecule has 1 atom stereocenters. The summed E-state index contributed by atoms with van der Waals surface area (Å²) in [6.45, 7) is 4.29. The molecule has 2 aliphatic rings. The number of rotatable bonds is 11. The maximum atomic E-state index is 14.7. The van der Waals surface area contributed by atoms with Crippen LogP contribution in [-0.4, -0.2) is 66.8 Å². The number of hydrogen-bond donors (Lipinski definition) is 1. The number of nitrogens with zero attached hydrogens (tertiary/aromatic N) is 3. The first-order chi connectivity index (χ1) is 17.2. The minimum atomic E-state index is -0.636. The smallest absolute Gasteiger partial charge is 0.232 e. The van der Waals surface area contributed by atoms with Gasteiger partial charge in [0.15, 0.2) is 0 Å². The Morgan fingerprint density at radius 1 is 1.09 bits per heavy atom. The van der Waals surface area contributed by atoms with Gasteiger partial charge in [-0.3, -0.25) is 4.90 Å². The zero-order valence-electron chi connectivity index (χ0n) is 19.8. The van der Waals surface area contributed by atoms with Crippen molar-refractivity contribution in [3.8, 4) is 11.3 Å². The molecule has 7 nitrogen and oxygen atoms in total. The number of aliphatic hydroxyl groups excluding tert-OH is 1. The number of hydrogen-bond acceptors (Lipinski definition) is 7. The molecule has 8 heteroatoms. The molecule has 1 unspecified atom stereocenters. The van der Waals surface area contributed by atoms with Crippen LogP contribution in [0.15, 0.2) is 59.1 Å². The Balaban J connectivity index is 1.32. The van der Waals surface area contributed by atoms with Crippen LogP contribution in [0.1, 0.15) is 24.0 Å². The second-order valence-corrected chi connectivity index (χ2v) is 9.21. The third-order valence-electron chi connectivity index (χ3n) is 6.49. The molecule has 0 bridgehead atoms. The summed E-state index contributed by atoms with van der Waals surface area (Å²) in [6.07, 6.45) is 1.51. The summed E-state index contributed by atoms with van der Waals surface area (Å²) >= 11 is 0. The van der Waals surface area contributed by atoms with Gasteiger partial charge >= 0.3 is 0 Å². The van der Waals surface area contributed by atoms with Crippen molar-refractivity contribution in [1.29, 1.82) is 0 Å². The molecule has 35 heavy (non-hydrogen) atoms. The van der Waals surface area contributed by atoms with Gasteiger partial charge in [-0.15, -0.1) is 0 Å². The van der Waals surface area contributed by atoms with E-state index in [0.29, 0.717) is 69.2 Å². The standard InChI is InChI=1S/C27H32FN3O4/c28-25-9-5-4-8-23(25)26-24(27(35-29-26)30-12-14-33-15-13-30)17-31(21-10-11-21)16-22(32)19-34-18-20-6-2-1-3-7-20/h1-9,21-22,32H,10-19H2. The van der Waals surface area contributed by atoms with Gasteiger partial charge in [0.2, 0.25) is 5.88 Å². The van der Waals surface area contributed by atoms with Crippen LogP contribution in [0.3, 0.4) is 0 Å². The molecule has 186 valence electrons. The van der Waals surface area contributed by atoms with E-state index < -0.39 is 6.10 Å². The molecule has 1 aromatic heterocycles. The molecule has 0 amide bonds. The van der Waals surface area contributed by atoms with E-state index in [1.54, 1.807) is 18.2 Å². The highest BCUT2D eigenvalue weighted by atomic mass is 19.1. The number of benzene rings is 2. The lowest BCUT2D eigenvalue weighted by atomic mass is 10.1. The summed E-state index contributed by atoms with van der Waals surface area (Å²) in [7, 11) is 0. The predicted molar refractivity (Wildman–Crippen MR) is 130 cm³/mol. The summed E-state index contributed by atoms with van der Waals surface area (Å²) in [6, 6.07) is 16.9. The lowest BCUT2D eigenvalue weighted by molar-refractivity contribution is 0.00706. The molecular weight excluding hydrogens is 449 g/mol. The Labute approximate surface area is 205 Å². The van der Waals surface area contributed by atoms with Gasteiger partial charge in [0.1, 0.15) is 11.5 Å². The molecule has 3 aromatic rings. The van der Waals surface area contributed by atoms with E-state index in [9.17, 15) is 9.50 Å². The van der Waals surface area contributed by atoms with Gasteiger partial charge in [-0.05, 0) is 30.5 Å². The van der Waals surface area contributed by atoms with Crippen molar-refractivity contribution in [2.75, 3.05) is 44.4 Å². The van der Waals surface area contributed by atoms with Crippen molar-refractivity contribution in [2.45, 2.75) is 38.1 Å². The minimum absolute atomic E-state index is 0.248. The van der Waals surface area contributed by atoms with Gasteiger partial charge in [0.05, 0.1) is 38.1 Å². The Bertz CT molecular complexity index is 1080. The van der Waals surface area contributed by atoms with E-state index in [0.717, 1.165) is 24.0 Å². The second kappa shape index (κ2) is 11.3. The van der Waals surface area contributed by atoms with Crippen LogP contribution in [0.2, 0.25) is 0 Å². The Morgan fingerprint density at radius 3 is 2.57 bits per heavy atom. The summed E-state index contributed by atoms with van der Waals surface area (Å²) in [4.78, 5) is 4.36. The second-order valence-electron chi connectivity index (χ2n) is 9.21. The Kier molecular flexibility index (Phi) is 7.73. The SMILES string of the molecule is OC(COCc1ccccc1)CN(Cc1c(-c2ccccc2F)noc1N1CCOCC1)C1CC1. The molecule has 1 saturated carbocycles. The van der Waals surface area contributed by atoms with Gasteiger partial charge in [0, 0.05) is 37.8 Å². The molecule has 1 aliphatic heterocycles. The fourth-order valence-corrected chi connectivity index (χ4v) is 4.52. The molecule has 2 aromatic carbocycles. The van der Waals surface area contributed by atoms with Crippen molar-refractivity contribution in [2.24, 2.45) is 0 Å². The van der Waals surface area contributed by atoms with Crippen molar-refractivity contribution in [3.63, 3.8) is 0 Å². The molecule has 2 heterocycles. The average Bonchev–Trinajstić information content (AvgIpc) is 3.66. The van der Waals surface area contributed by atoms with Crippen LogP contribution < -0.4 is 4.90 Å². The molecule has 0 radical (unpaired) electrons. The molecule has 2 fully saturated rings. The first kappa shape index (κ1) is 23.9. The number of ether oxygens (including phenoxy) is 2. The number of aliphatic hydroxyl groups is 1. The largest absolute Gasteiger partial charge is 0.389 e. The highest BCUT2D eigenvalue weighted by Gasteiger charge is 2.34. The van der Waals surface area contributed by atoms with Gasteiger partial charge in [-0.25, -0.2) is 4.39 Å². The van der Waals surface area contributed by atoms with Gasteiger partial charge in [-0.1, -0.05) is 47.6 Å². The van der Waals surface area contributed by atoms with Crippen LogP contribution in [0, 0.1) is 5.82 Å². The van der Waals surface area contributed by atoms with Crippen LogP contribution >= 0.6 is 0 Å². The van der Waals surface area contributed by atoms with E-state index in [2.05, 4.69) is 15.0 Å². The maximum Gasteiger partial charge on any atom is 0.232 e. The minimum Gasteiger partial charge on any atom is -0.389 e. The predicted octanol–water partition coefficient (Wildman–Crippen LogP) is 3.86. The number of halogens is 1. The third-order valence-corrected chi connectivity index (χ3v) is 6.49. The van der Waals surface area contributed by atoms with E-state index in [-0.39, 0.29) is 12.4 Å². The topological polar surface area (TPSA) is 71.2 Å². The van der Waals surface area contributed by atoms with E-state index >= 15 is 0 Å². The molecule has 1 aliphatic carbocycles. The fourth-order valence-electron chi connectivity index (χ4n) is 4.52. The molecule has 1 N–H and O–H groups in total. The fraction of sp³-hybridized carbons (Fsp3) is 0.444. The zero-order valence-corrected chi connectivity index (χ0v) is 19.8. The average molecular weight is 482 g/mol. The molecule has 1 saturated heterocycles. The summed E-state index contributed by atoms with van der Waals surface area (Å²) in [5, 5.41) is 15.1. The first-order valence-corrected chi connectivity index (χ1v) is 12.3. The van der Waals surface area contributed by atoms with E-state index in [1.807, 2.05) is 30.3 Å². The molecular formula is C27H32FN3O4. The van der Waals surface area contributed by atoms with E-state index in [1.165, 1.54) is 6.07 Å². The van der Waals surface area contributed by atoms with Crippen molar-refractivity contribution in [1.82, 2.24) is 10.1 Å². The Hall–Kier alpha value is -2.78. The van der Waals surface area contributed by atoms with Crippen molar-refractivity contribution >= 4 is 5.88 Å². The number of aromatic nitrogens is 1. The summed E-state index contributed by atoms with van der Waals surface area (Å²) in [5.41, 5.74) is 2.87. The quantitative estimate of drug-likeness (QED) is 0.446. The van der Waals surface area contributed by atoms with Crippen molar-refractivity contribution < 1.29 is 23.5 Å². The van der Waals surface area contributed by atoms with Crippen LogP contribution in [-0.2, 0) is 22.6 Å². The van der Waals surface area contributed by atoms with Crippen molar-refractivity contribution in [3.05, 3.63) is 71.5 Å². The lowest BCUT2D eigenvalue weighted by Gasteiger charge is -2.29. The molecule has 0 spiro atoms.